The second-order valence-corrected chi connectivity index (χ2v) is 7.58. The van der Waals surface area contributed by atoms with Gasteiger partial charge in [0.25, 0.3) is 5.91 Å². The highest BCUT2D eigenvalue weighted by molar-refractivity contribution is 7.15. The van der Waals surface area contributed by atoms with E-state index in [9.17, 15) is 9.18 Å². The average Bonchev–Trinajstić information content (AvgIpc) is 3.15. The zero-order chi connectivity index (χ0) is 18.1. The third-order valence-corrected chi connectivity index (χ3v) is 5.64. The summed E-state index contributed by atoms with van der Waals surface area (Å²) in [5, 5.41) is 7.43. The highest BCUT2D eigenvalue weighted by Gasteiger charge is 2.18. The average molecular weight is 370 g/mol. The van der Waals surface area contributed by atoms with Crippen molar-refractivity contribution in [1.29, 1.82) is 0 Å². The number of amides is 1. The molecule has 5 nitrogen and oxygen atoms in total. The van der Waals surface area contributed by atoms with Crippen LogP contribution in [0.25, 0.3) is 11.1 Å². The number of carbonyl (C=O) groups excluding carboxylic acids is 1. The van der Waals surface area contributed by atoms with Crippen molar-refractivity contribution >= 4 is 22.4 Å². The van der Waals surface area contributed by atoms with Crippen LogP contribution in [0, 0.1) is 5.82 Å². The molecule has 0 unspecified atom stereocenters. The van der Waals surface area contributed by atoms with Crippen LogP contribution in [0.4, 0.5) is 9.52 Å². The van der Waals surface area contributed by atoms with Gasteiger partial charge in [-0.05, 0) is 43.4 Å². The van der Waals surface area contributed by atoms with Gasteiger partial charge < -0.3 is 0 Å². The van der Waals surface area contributed by atoms with Crippen LogP contribution in [0.5, 0.6) is 0 Å². The van der Waals surface area contributed by atoms with Gasteiger partial charge in [0.2, 0.25) is 0 Å². The predicted octanol–water partition coefficient (Wildman–Crippen LogP) is 4.20. The summed E-state index contributed by atoms with van der Waals surface area (Å²) in [5.74, 6) is -1.02. The van der Waals surface area contributed by atoms with E-state index in [0.29, 0.717) is 5.13 Å². The lowest BCUT2D eigenvalue weighted by Gasteiger charge is -2.06. The zero-order valence-corrected chi connectivity index (χ0v) is 15.3. The third-order valence-electron chi connectivity index (χ3n) is 4.57. The van der Waals surface area contributed by atoms with Gasteiger partial charge in [-0.2, -0.15) is 5.10 Å². The highest BCUT2D eigenvalue weighted by atomic mass is 32.1. The Balaban J connectivity index is 1.58. The molecule has 0 saturated heterocycles. The molecule has 1 aromatic carbocycles. The number of fused-ring (bicyclic) bond motifs is 1. The van der Waals surface area contributed by atoms with Crippen LogP contribution in [-0.2, 0) is 19.9 Å². The molecule has 4 rings (SSSR count). The Morgan fingerprint density at radius 2 is 2.08 bits per heavy atom. The Bertz CT molecular complexity index is 939. The molecular formula is C19H19FN4OS. The van der Waals surface area contributed by atoms with Crippen LogP contribution < -0.4 is 5.32 Å². The molecule has 3 aromatic rings. The minimum atomic E-state index is -0.548. The smallest absolute Gasteiger partial charge is 0.260 e. The number of rotatable bonds is 3. The number of aromatic nitrogens is 3. The molecule has 2 heterocycles. The van der Waals surface area contributed by atoms with E-state index in [1.165, 1.54) is 28.7 Å². The van der Waals surface area contributed by atoms with E-state index < -0.39 is 11.7 Å². The molecular weight excluding hydrogens is 351 g/mol. The molecule has 26 heavy (non-hydrogen) atoms. The molecule has 0 saturated carbocycles. The normalized spacial score (nSPS) is 13.9. The number of thiazole rings is 1. The van der Waals surface area contributed by atoms with E-state index in [0.717, 1.165) is 42.5 Å². The minimum absolute atomic E-state index is 0.0109. The van der Waals surface area contributed by atoms with Crippen molar-refractivity contribution in [2.75, 3.05) is 5.32 Å². The third kappa shape index (κ3) is 3.39. The maximum Gasteiger partial charge on any atom is 0.260 e. The van der Waals surface area contributed by atoms with Gasteiger partial charge in [-0.3, -0.25) is 14.8 Å². The summed E-state index contributed by atoms with van der Waals surface area (Å²) in [4.78, 5) is 18.4. The molecule has 1 aliphatic carbocycles. The molecule has 1 amide bonds. The van der Waals surface area contributed by atoms with Gasteiger partial charge in [0.15, 0.2) is 5.13 Å². The van der Waals surface area contributed by atoms with Gasteiger partial charge in [-0.15, -0.1) is 11.3 Å². The second-order valence-electron chi connectivity index (χ2n) is 6.50. The first kappa shape index (κ1) is 16.9. The molecule has 0 radical (unpaired) electrons. The van der Waals surface area contributed by atoms with Crippen LogP contribution in [0.3, 0.4) is 0 Å². The summed E-state index contributed by atoms with van der Waals surface area (Å²) in [5.41, 5.74) is 2.67. The van der Waals surface area contributed by atoms with Crippen molar-refractivity contribution in [3.8, 4) is 11.1 Å². The van der Waals surface area contributed by atoms with Crippen LogP contribution in [0.15, 0.2) is 30.6 Å². The fourth-order valence-electron chi connectivity index (χ4n) is 3.20. The van der Waals surface area contributed by atoms with Crippen molar-refractivity contribution in [3.05, 3.63) is 52.5 Å². The molecule has 134 valence electrons. The molecule has 0 aliphatic heterocycles. The quantitative estimate of drug-likeness (QED) is 0.703. The second kappa shape index (κ2) is 6.99. The van der Waals surface area contributed by atoms with Gasteiger partial charge in [-0.25, -0.2) is 9.37 Å². The SMILES string of the molecule is Cn1cc(-c2ccc(F)c(C(=O)Nc3nc4c(s3)CCCCC4)c2)cn1. The zero-order valence-electron chi connectivity index (χ0n) is 14.5. The van der Waals surface area contributed by atoms with E-state index in [-0.39, 0.29) is 5.56 Å². The summed E-state index contributed by atoms with van der Waals surface area (Å²) >= 11 is 1.50. The standard InChI is InChI=1S/C19H19FN4OS/c1-24-11-13(10-21-24)12-7-8-15(20)14(9-12)18(25)23-19-22-16-5-3-2-4-6-17(16)26-19/h7-11H,2-6H2,1H3,(H,22,23,25). The number of hydrogen-bond donors (Lipinski definition) is 1. The van der Waals surface area contributed by atoms with E-state index in [4.69, 9.17) is 0 Å². The molecule has 0 fully saturated rings. The first-order chi connectivity index (χ1) is 12.6. The lowest BCUT2D eigenvalue weighted by Crippen LogP contribution is -2.13. The maximum absolute atomic E-state index is 14.2. The number of carbonyl (C=O) groups is 1. The molecule has 1 aliphatic rings. The van der Waals surface area contributed by atoms with Gasteiger partial charge in [0.1, 0.15) is 5.82 Å². The number of anilines is 1. The van der Waals surface area contributed by atoms with Gasteiger partial charge in [0, 0.05) is 23.7 Å². The lowest BCUT2D eigenvalue weighted by molar-refractivity contribution is 0.102. The molecule has 2 aromatic heterocycles. The monoisotopic (exact) mass is 370 g/mol. The summed E-state index contributed by atoms with van der Waals surface area (Å²) in [6, 6.07) is 4.52. The number of nitrogens with zero attached hydrogens (tertiary/aromatic N) is 3. The van der Waals surface area contributed by atoms with Crippen molar-refractivity contribution < 1.29 is 9.18 Å². The van der Waals surface area contributed by atoms with Crippen LogP contribution >= 0.6 is 11.3 Å². The lowest BCUT2D eigenvalue weighted by atomic mass is 10.1. The van der Waals surface area contributed by atoms with Gasteiger partial charge >= 0.3 is 0 Å². The highest BCUT2D eigenvalue weighted by Crippen LogP contribution is 2.29. The Morgan fingerprint density at radius 3 is 2.88 bits per heavy atom. The van der Waals surface area contributed by atoms with E-state index in [1.807, 2.05) is 13.2 Å². The van der Waals surface area contributed by atoms with E-state index >= 15 is 0 Å². The molecule has 1 N–H and O–H groups in total. The topological polar surface area (TPSA) is 59.8 Å². The Hall–Kier alpha value is -2.54. The summed E-state index contributed by atoms with van der Waals surface area (Å²) in [7, 11) is 1.81. The Kier molecular flexibility index (Phi) is 4.55. The van der Waals surface area contributed by atoms with Crippen molar-refractivity contribution in [2.24, 2.45) is 7.05 Å². The number of benzene rings is 1. The molecule has 7 heteroatoms. The number of hydrogen-bond acceptors (Lipinski definition) is 4. The number of halogens is 1. The minimum Gasteiger partial charge on any atom is -0.298 e. The van der Waals surface area contributed by atoms with Crippen LogP contribution in [0.1, 0.15) is 40.2 Å². The van der Waals surface area contributed by atoms with E-state index in [2.05, 4.69) is 15.4 Å². The summed E-state index contributed by atoms with van der Waals surface area (Å²) < 4.78 is 15.9. The van der Waals surface area contributed by atoms with Crippen LogP contribution in [0.2, 0.25) is 0 Å². The van der Waals surface area contributed by atoms with Crippen molar-refractivity contribution in [2.45, 2.75) is 32.1 Å². The molecule has 0 bridgehead atoms. The van der Waals surface area contributed by atoms with Crippen molar-refractivity contribution in [1.82, 2.24) is 14.8 Å². The largest absolute Gasteiger partial charge is 0.298 e. The van der Waals surface area contributed by atoms with E-state index in [1.54, 1.807) is 23.0 Å². The first-order valence-corrected chi connectivity index (χ1v) is 9.50. The Labute approximate surface area is 154 Å². The summed E-state index contributed by atoms with van der Waals surface area (Å²) in [6.45, 7) is 0. The predicted molar refractivity (Wildman–Crippen MR) is 99.9 cm³/mol. The van der Waals surface area contributed by atoms with Gasteiger partial charge in [-0.1, -0.05) is 12.5 Å². The number of nitrogens with one attached hydrogen (secondary N) is 1. The van der Waals surface area contributed by atoms with Crippen LogP contribution in [-0.4, -0.2) is 20.7 Å². The first-order valence-electron chi connectivity index (χ1n) is 8.68. The number of aryl methyl sites for hydroxylation is 3. The van der Waals surface area contributed by atoms with Crippen molar-refractivity contribution in [3.63, 3.8) is 0 Å². The maximum atomic E-state index is 14.2. The fraction of sp³-hybridized carbons (Fsp3) is 0.316. The fourth-order valence-corrected chi connectivity index (χ4v) is 4.24. The Morgan fingerprint density at radius 1 is 1.23 bits per heavy atom. The molecule has 0 spiro atoms. The van der Waals surface area contributed by atoms with Gasteiger partial charge in [0.05, 0.1) is 17.5 Å². The summed E-state index contributed by atoms with van der Waals surface area (Å²) in [6.07, 6.45) is 8.98. The molecule has 0 atom stereocenters.